The molecule has 1 heteroatoms. The Kier molecular flexibility index (Phi) is 19.1. The van der Waals surface area contributed by atoms with Gasteiger partial charge >= 0.3 is 0 Å². The highest BCUT2D eigenvalue weighted by Gasteiger charge is 2.33. The Morgan fingerprint density at radius 3 is 1.28 bits per heavy atom. The lowest BCUT2D eigenvalue weighted by Crippen LogP contribution is -2.11. The van der Waals surface area contributed by atoms with Gasteiger partial charge in [-0.3, -0.25) is 0 Å². The average molecular weight is 370 g/mol. The SMILES string of the molecule is C=CC[P+](CCCC)(CCCC)CCCCCCCCCCCCC. The molecule has 0 aliphatic rings. The molecule has 150 valence electrons. The van der Waals surface area contributed by atoms with Crippen LogP contribution in [0.2, 0.25) is 0 Å². The molecule has 0 rings (SSSR count). The van der Waals surface area contributed by atoms with Crippen molar-refractivity contribution in [3.05, 3.63) is 12.7 Å². The lowest BCUT2D eigenvalue weighted by atomic mass is 10.1. The van der Waals surface area contributed by atoms with E-state index in [1.54, 1.807) is 6.16 Å². The van der Waals surface area contributed by atoms with Gasteiger partial charge in [-0.05, 0) is 25.7 Å². The fourth-order valence-corrected chi connectivity index (χ4v) is 8.62. The summed E-state index contributed by atoms with van der Waals surface area (Å²) in [5, 5.41) is 0. The molecule has 0 bridgehead atoms. The Morgan fingerprint density at radius 1 is 0.520 bits per heavy atom. The van der Waals surface area contributed by atoms with Gasteiger partial charge in [0, 0.05) is 7.26 Å². The second kappa shape index (κ2) is 18.9. The van der Waals surface area contributed by atoms with Crippen LogP contribution in [0.15, 0.2) is 12.7 Å². The topological polar surface area (TPSA) is 0 Å². The molecule has 0 saturated heterocycles. The number of hydrogen-bond donors (Lipinski definition) is 0. The monoisotopic (exact) mass is 369 g/mol. The Labute approximate surface area is 162 Å². The Balaban J connectivity index is 3.86. The second-order valence-corrected chi connectivity index (χ2v) is 12.6. The van der Waals surface area contributed by atoms with E-state index < -0.39 is 7.26 Å². The van der Waals surface area contributed by atoms with Gasteiger partial charge in [-0.1, -0.05) is 104 Å². The zero-order valence-corrected chi connectivity index (χ0v) is 19.1. The van der Waals surface area contributed by atoms with E-state index in [9.17, 15) is 0 Å². The lowest BCUT2D eigenvalue weighted by Gasteiger charge is -2.27. The molecule has 0 aromatic heterocycles. The third-order valence-corrected chi connectivity index (χ3v) is 10.6. The lowest BCUT2D eigenvalue weighted by molar-refractivity contribution is 0.554. The van der Waals surface area contributed by atoms with Gasteiger partial charge in [-0.2, -0.15) is 0 Å². The van der Waals surface area contributed by atoms with E-state index in [0.29, 0.717) is 0 Å². The molecule has 0 saturated carbocycles. The van der Waals surface area contributed by atoms with Crippen molar-refractivity contribution in [3.63, 3.8) is 0 Å². The Morgan fingerprint density at radius 2 is 0.880 bits per heavy atom. The van der Waals surface area contributed by atoms with Crippen LogP contribution in [0.25, 0.3) is 0 Å². The van der Waals surface area contributed by atoms with Crippen molar-refractivity contribution < 1.29 is 0 Å². The molecule has 25 heavy (non-hydrogen) atoms. The summed E-state index contributed by atoms with van der Waals surface area (Å²) in [5.74, 6) is 0. The third-order valence-electron chi connectivity index (χ3n) is 5.72. The van der Waals surface area contributed by atoms with Crippen molar-refractivity contribution in [3.8, 4) is 0 Å². The normalized spacial score (nSPS) is 11.8. The largest absolute Gasteiger partial charge is 0.0995 e. The smallest absolute Gasteiger partial charge is 0.0771 e. The molecule has 0 fully saturated rings. The maximum absolute atomic E-state index is 4.09. The summed E-state index contributed by atoms with van der Waals surface area (Å²) in [7, 11) is -0.724. The van der Waals surface area contributed by atoms with Crippen molar-refractivity contribution in [1.82, 2.24) is 0 Å². The summed E-state index contributed by atoms with van der Waals surface area (Å²) in [6, 6.07) is 0. The van der Waals surface area contributed by atoms with Gasteiger partial charge in [0.25, 0.3) is 0 Å². The van der Waals surface area contributed by atoms with Gasteiger partial charge in [0.2, 0.25) is 0 Å². The first-order valence-electron chi connectivity index (χ1n) is 11.7. The number of rotatable bonds is 20. The molecular formula is C24H50P+. The second-order valence-electron chi connectivity index (χ2n) is 8.23. The molecule has 0 nitrogen and oxygen atoms in total. The summed E-state index contributed by atoms with van der Waals surface area (Å²) >= 11 is 0. The number of unbranched alkanes of at least 4 members (excludes halogenated alkanes) is 12. The molecule has 0 amide bonds. The van der Waals surface area contributed by atoms with Gasteiger partial charge < -0.3 is 0 Å². The molecule has 0 N–H and O–H groups in total. The maximum atomic E-state index is 4.09. The van der Waals surface area contributed by atoms with Crippen molar-refractivity contribution in [2.45, 2.75) is 117 Å². The molecule has 0 radical (unpaired) electrons. The predicted molar refractivity (Wildman–Crippen MR) is 123 cm³/mol. The summed E-state index contributed by atoms with van der Waals surface area (Å²) in [6.07, 6.45) is 29.9. The van der Waals surface area contributed by atoms with E-state index in [-0.39, 0.29) is 0 Å². The Bertz CT molecular complexity index is 263. The van der Waals surface area contributed by atoms with E-state index >= 15 is 0 Å². The average Bonchev–Trinajstić information content (AvgIpc) is 2.63. The minimum atomic E-state index is -0.724. The molecule has 0 unspecified atom stereocenters. The number of hydrogen-bond acceptors (Lipinski definition) is 0. The van der Waals surface area contributed by atoms with Crippen LogP contribution in [0.1, 0.15) is 117 Å². The molecule has 0 aliphatic heterocycles. The quantitative estimate of drug-likeness (QED) is 0.114. The molecule has 0 atom stereocenters. The standard InChI is InChI=1S/C24H50P/c1-5-9-12-13-14-15-16-17-18-19-20-24-25(21-8-4,22-10-6-2)23-11-7-3/h8H,4-7,9-24H2,1-3H3/q+1. The summed E-state index contributed by atoms with van der Waals surface area (Å²) in [4.78, 5) is 0. The molecule has 0 aromatic rings. The third kappa shape index (κ3) is 15.0. The summed E-state index contributed by atoms with van der Waals surface area (Å²) in [6.45, 7) is 11.1. The highest BCUT2D eigenvalue weighted by atomic mass is 31.2. The molecule has 0 aromatic carbocycles. The van der Waals surface area contributed by atoms with Gasteiger partial charge in [0.05, 0.1) is 24.6 Å². The zero-order chi connectivity index (χ0) is 18.6. The van der Waals surface area contributed by atoms with E-state index in [1.165, 1.54) is 115 Å². The maximum Gasteiger partial charge on any atom is 0.0771 e. The van der Waals surface area contributed by atoms with Gasteiger partial charge in [-0.15, -0.1) is 0 Å². The first-order chi connectivity index (χ1) is 12.2. The molecule has 0 heterocycles. The van der Waals surface area contributed by atoms with E-state index in [4.69, 9.17) is 0 Å². The van der Waals surface area contributed by atoms with Crippen LogP contribution in [-0.4, -0.2) is 24.6 Å². The van der Waals surface area contributed by atoms with Crippen LogP contribution in [0.5, 0.6) is 0 Å². The fraction of sp³-hybridized carbons (Fsp3) is 0.917. The van der Waals surface area contributed by atoms with Crippen molar-refractivity contribution in [2.75, 3.05) is 24.6 Å². The van der Waals surface area contributed by atoms with Crippen molar-refractivity contribution in [2.24, 2.45) is 0 Å². The van der Waals surface area contributed by atoms with Crippen molar-refractivity contribution >= 4 is 7.26 Å². The van der Waals surface area contributed by atoms with Crippen LogP contribution in [0, 0.1) is 0 Å². The van der Waals surface area contributed by atoms with Gasteiger partial charge in [-0.25, -0.2) is 0 Å². The molecule has 0 spiro atoms. The van der Waals surface area contributed by atoms with Crippen LogP contribution in [0.4, 0.5) is 0 Å². The van der Waals surface area contributed by atoms with E-state index in [0.717, 1.165) is 0 Å². The number of allylic oxidation sites excluding steroid dienone is 1. The molecule has 0 aliphatic carbocycles. The van der Waals surface area contributed by atoms with Crippen LogP contribution in [-0.2, 0) is 0 Å². The first-order valence-corrected chi connectivity index (χ1v) is 14.2. The highest BCUT2D eigenvalue weighted by Crippen LogP contribution is 2.60. The van der Waals surface area contributed by atoms with E-state index in [1.807, 2.05) is 0 Å². The summed E-state index contributed by atoms with van der Waals surface area (Å²) < 4.78 is 0. The minimum Gasteiger partial charge on any atom is -0.0995 e. The van der Waals surface area contributed by atoms with E-state index in [2.05, 4.69) is 33.4 Å². The fourth-order valence-electron chi connectivity index (χ4n) is 3.98. The summed E-state index contributed by atoms with van der Waals surface area (Å²) in [5.41, 5.74) is 0. The van der Waals surface area contributed by atoms with Crippen LogP contribution in [0.3, 0.4) is 0 Å². The van der Waals surface area contributed by atoms with Crippen LogP contribution < -0.4 is 0 Å². The zero-order valence-electron chi connectivity index (χ0n) is 18.2. The van der Waals surface area contributed by atoms with Crippen molar-refractivity contribution in [1.29, 1.82) is 0 Å². The minimum absolute atomic E-state index is 0.724. The highest BCUT2D eigenvalue weighted by molar-refractivity contribution is 7.76. The predicted octanol–water partition coefficient (Wildman–Crippen LogP) is 9.10. The van der Waals surface area contributed by atoms with Gasteiger partial charge in [0.15, 0.2) is 0 Å². The first kappa shape index (κ1) is 25.2. The molecular weight excluding hydrogens is 319 g/mol. The van der Waals surface area contributed by atoms with Crippen LogP contribution >= 0.6 is 7.26 Å². The Hall–Kier alpha value is 0.170. The van der Waals surface area contributed by atoms with Gasteiger partial charge in [0.1, 0.15) is 0 Å².